The molecule has 5 rings (SSSR count). The fraction of sp³-hybridized carbons (Fsp3) is 0.400. The molecule has 4 heteroatoms. The van der Waals surface area contributed by atoms with E-state index >= 15 is 0 Å². The maximum atomic E-state index is 12.4. The maximum Gasteiger partial charge on any atom is 0.168 e. The fourth-order valence-electron chi connectivity index (χ4n) is 4.91. The van der Waals surface area contributed by atoms with E-state index in [9.17, 15) is 9.90 Å². The summed E-state index contributed by atoms with van der Waals surface area (Å²) in [5.41, 5.74) is 3.53. The van der Waals surface area contributed by atoms with Crippen molar-refractivity contribution in [3.63, 3.8) is 0 Å². The summed E-state index contributed by atoms with van der Waals surface area (Å²) >= 11 is 0. The first kappa shape index (κ1) is 26.3. The molecule has 1 fully saturated rings. The van der Waals surface area contributed by atoms with Crippen LogP contribution >= 0.6 is 0 Å². The van der Waals surface area contributed by atoms with E-state index in [2.05, 4.69) is 42.2 Å². The number of aromatic nitrogens is 1. The molecule has 1 saturated carbocycles. The zero-order chi connectivity index (χ0) is 23.8. The summed E-state index contributed by atoms with van der Waals surface area (Å²) in [6.45, 7) is 10.1. The summed E-state index contributed by atoms with van der Waals surface area (Å²) in [5.74, 6) is 0.851. The number of pyridine rings is 1. The summed E-state index contributed by atoms with van der Waals surface area (Å²) in [6.07, 6.45) is 5.96. The molecular formula is C30H34IrNO2-. The van der Waals surface area contributed by atoms with Gasteiger partial charge in [-0.3, -0.25) is 4.79 Å². The monoisotopic (exact) mass is 633 g/mol. The number of aryl methyl sites for hydroxylation is 1. The van der Waals surface area contributed by atoms with E-state index in [-0.39, 0.29) is 36.7 Å². The van der Waals surface area contributed by atoms with Crippen molar-refractivity contribution in [2.45, 2.75) is 60.3 Å². The second kappa shape index (κ2) is 10.1. The van der Waals surface area contributed by atoms with Crippen LogP contribution < -0.4 is 0 Å². The molecule has 1 unspecified atom stereocenters. The van der Waals surface area contributed by atoms with Crippen LogP contribution in [0.2, 0.25) is 0 Å². The third kappa shape index (κ3) is 5.34. The van der Waals surface area contributed by atoms with Crippen LogP contribution in [-0.2, 0) is 24.9 Å². The number of carbonyl (C=O) groups is 1. The van der Waals surface area contributed by atoms with Crippen molar-refractivity contribution in [3.8, 4) is 11.3 Å². The minimum absolute atomic E-state index is 0. The number of benzene rings is 2. The minimum Gasteiger partial charge on any atom is -0.511 e. The summed E-state index contributed by atoms with van der Waals surface area (Å²) in [4.78, 5) is 16.8. The number of Topliss-reactive ketones (excluding diaryl/α,β-unsaturated/α-hetero) is 1. The zero-order valence-corrected chi connectivity index (χ0v) is 23.1. The van der Waals surface area contributed by atoms with Crippen molar-refractivity contribution < 1.29 is 30.0 Å². The Morgan fingerprint density at radius 3 is 2.35 bits per heavy atom. The van der Waals surface area contributed by atoms with Crippen molar-refractivity contribution >= 4 is 16.6 Å². The van der Waals surface area contributed by atoms with Crippen LogP contribution in [0.3, 0.4) is 0 Å². The second-order valence-corrected chi connectivity index (χ2v) is 10.8. The van der Waals surface area contributed by atoms with Crippen LogP contribution in [0.25, 0.3) is 22.0 Å². The van der Waals surface area contributed by atoms with Crippen LogP contribution in [0.1, 0.15) is 58.9 Å². The maximum absolute atomic E-state index is 12.4. The van der Waals surface area contributed by atoms with Gasteiger partial charge >= 0.3 is 0 Å². The molecule has 2 aliphatic carbocycles. The number of allylic oxidation sites excluding steroid dienone is 2. The molecule has 0 bridgehead atoms. The largest absolute Gasteiger partial charge is 0.511 e. The van der Waals surface area contributed by atoms with Crippen LogP contribution in [0.4, 0.5) is 0 Å². The minimum atomic E-state index is -0.284. The SMILES string of the molecule is CC1(C)CCC2CCC(C)(C)C(O)=C2C1=O.Cc1ccc2cnc(-c3[c-]cccc3)cc2c1.[Ir]. The van der Waals surface area contributed by atoms with Gasteiger partial charge in [-0.15, -0.1) is 35.9 Å². The predicted molar refractivity (Wildman–Crippen MR) is 135 cm³/mol. The third-order valence-corrected chi connectivity index (χ3v) is 7.26. The summed E-state index contributed by atoms with van der Waals surface area (Å²) in [6, 6.07) is 19.6. The van der Waals surface area contributed by atoms with E-state index in [0.717, 1.165) is 42.5 Å². The van der Waals surface area contributed by atoms with Gasteiger partial charge in [0.15, 0.2) is 5.78 Å². The first-order valence-corrected chi connectivity index (χ1v) is 11.9. The first-order valence-electron chi connectivity index (χ1n) is 11.9. The molecular weight excluding hydrogens is 599 g/mol. The molecule has 0 saturated heterocycles. The van der Waals surface area contributed by atoms with E-state index < -0.39 is 0 Å². The van der Waals surface area contributed by atoms with E-state index in [0.29, 0.717) is 11.7 Å². The molecule has 34 heavy (non-hydrogen) atoms. The molecule has 1 heterocycles. The molecule has 2 aromatic carbocycles. The second-order valence-electron chi connectivity index (χ2n) is 10.8. The molecule has 1 atom stereocenters. The van der Waals surface area contributed by atoms with Crippen molar-refractivity contribution in [2.75, 3.05) is 0 Å². The number of hydrogen-bond donors (Lipinski definition) is 1. The first-order chi connectivity index (χ1) is 15.6. The summed E-state index contributed by atoms with van der Waals surface area (Å²) in [5, 5.41) is 12.7. The van der Waals surface area contributed by atoms with Gasteiger partial charge in [0, 0.05) is 42.7 Å². The molecule has 2 aliphatic rings. The number of carbonyl (C=O) groups excluding carboxylic acids is 1. The zero-order valence-electron chi connectivity index (χ0n) is 20.7. The fourth-order valence-corrected chi connectivity index (χ4v) is 4.91. The Balaban J connectivity index is 0.000000186. The smallest absolute Gasteiger partial charge is 0.168 e. The normalized spacial score (nSPS) is 20.6. The Bertz CT molecular complexity index is 1210. The van der Waals surface area contributed by atoms with Crippen molar-refractivity contribution in [1.29, 1.82) is 0 Å². The standard InChI is InChI=1S/C16H12N.C14H22O2.Ir/c1-12-7-8-14-11-17-16(10-15(14)9-12)13-5-3-2-4-6-13;1-13(2)7-5-9-6-8-14(3,4)12(16)10(9)11(13)15;/h2-5,7-11H,1H3;9,15H,5-8H2,1-4H3;/q-1;;. The molecule has 1 N–H and O–H groups in total. The van der Waals surface area contributed by atoms with E-state index in [4.69, 9.17) is 0 Å². The number of hydrogen-bond acceptors (Lipinski definition) is 3. The molecule has 181 valence electrons. The number of aliphatic hydroxyl groups is 1. The quantitative estimate of drug-likeness (QED) is 0.281. The van der Waals surface area contributed by atoms with Crippen LogP contribution in [0.5, 0.6) is 0 Å². The van der Waals surface area contributed by atoms with Crippen molar-refractivity contribution in [2.24, 2.45) is 16.7 Å². The van der Waals surface area contributed by atoms with Gasteiger partial charge < -0.3 is 10.1 Å². The Morgan fingerprint density at radius 1 is 0.971 bits per heavy atom. The molecule has 1 radical (unpaired) electrons. The Hall–Kier alpha value is -2.29. The third-order valence-electron chi connectivity index (χ3n) is 7.26. The summed E-state index contributed by atoms with van der Waals surface area (Å²) < 4.78 is 0. The number of ketones is 1. The molecule has 0 amide bonds. The van der Waals surface area contributed by atoms with E-state index in [1.807, 2.05) is 58.2 Å². The average molecular weight is 633 g/mol. The number of aliphatic hydroxyl groups excluding tert-OH is 1. The molecule has 3 aromatic rings. The number of fused-ring (bicyclic) bond motifs is 2. The van der Waals surface area contributed by atoms with Gasteiger partial charge in [-0.2, -0.15) is 0 Å². The topological polar surface area (TPSA) is 50.2 Å². The van der Waals surface area contributed by atoms with E-state index in [1.165, 1.54) is 16.3 Å². The number of nitrogens with zero attached hydrogens (tertiary/aromatic N) is 1. The Labute approximate surface area is 217 Å². The van der Waals surface area contributed by atoms with Gasteiger partial charge in [-0.05, 0) is 55.0 Å². The number of rotatable bonds is 1. The van der Waals surface area contributed by atoms with Gasteiger partial charge in [0.05, 0.1) is 0 Å². The predicted octanol–water partition coefficient (Wildman–Crippen LogP) is 7.63. The van der Waals surface area contributed by atoms with Crippen LogP contribution in [-0.4, -0.2) is 15.9 Å². The molecule has 1 aromatic heterocycles. The van der Waals surface area contributed by atoms with Gasteiger partial charge in [-0.1, -0.05) is 57.5 Å². The van der Waals surface area contributed by atoms with Gasteiger partial charge in [0.2, 0.25) is 0 Å². The van der Waals surface area contributed by atoms with Gasteiger partial charge in [0.1, 0.15) is 5.76 Å². The molecule has 0 spiro atoms. The summed E-state index contributed by atoms with van der Waals surface area (Å²) in [7, 11) is 0. The van der Waals surface area contributed by atoms with Crippen molar-refractivity contribution in [1.82, 2.24) is 4.98 Å². The Kier molecular flexibility index (Phi) is 7.85. The Morgan fingerprint density at radius 2 is 1.68 bits per heavy atom. The van der Waals surface area contributed by atoms with Crippen LogP contribution in [0.15, 0.2) is 66.1 Å². The molecule has 3 nitrogen and oxygen atoms in total. The molecule has 0 aliphatic heterocycles. The van der Waals surface area contributed by atoms with Crippen molar-refractivity contribution in [3.05, 3.63) is 77.7 Å². The van der Waals surface area contributed by atoms with Crippen LogP contribution in [0, 0.1) is 29.7 Å². The van der Waals surface area contributed by atoms with Gasteiger partial charge in [0.25, 0.3) is 0 Å². The average Bonchev–Trinajstić information content (AvgIpc) is 2.79. The van der Waals surface area contributed by atoms with E-state index in [1.54, 1.807) is 0 Å². The van der Waals surface area contributed by atoms with Gasteiger partial charge in [-0.25, -0.2) is 0 Å².